The molecule has 1 amide bonds. The SMILES string of the molecule is CC#Cc1ccnc(SC)n1.CC(C)(C)OC(=O)N1CCC(OCc2ccc(C(F)(F)F)cc2)C1. The Balaban J connectivity index is 0.000000328. The largest absolute Gasteiger partial charge is 0.444 e. The lowest BCUT2D eigenvalue weighted by Crippen LogP contribution is -2.36. The summed E-state index contributed by atoms with van der Waals surface area (Å²) in [6.45, 7) is 8.40. The molecule has 0 spiro atoms. The number of carbonyl (C=O) groups is 1. The van der Waals surface area contributed by atoms with Gasteiger partial charge >= 0.3 is 12.3 Å². The summed E-state index contributed by atoms with van der Waals surface area (Å²) in [5, 5.41) is 0.769. The van der Waals surface area contributed by atoms with Crippen LogP contribution in [0, 0.1) is 11.8 Å². The van der Waals surface area contributed by atoms with E-state index in [1.165, 1.54) is 23.9 Å². The zero-order chi connectivity index (χ0) is 26.1. The van der Waals surface area contributed by atoms with Crippen molar-refractivity contribution in [2.75, 3.05) is 19.3 Å². The number of hydrogen-bond acceptors (Lipinski definition) is 6. The van der Waals surface area contributed by atoms with Crippen molar-refractivity contribution in [3.63, 3.8) is 0 Å². The zero-order valence-corrected chi connectivity index (χ0v) is 21.3. The van der Waals surface area contributed by atoms with Gasteiger partial charge in [-0.2, -0.15) is 13.2 Å². The number of ether oxygens (including phenoxy) is 2. The van der Waals surface area contributed by atoms with Crippen LogP contribution in [-0.2, 0) is 22.3 Å². The van der Waals surface area contributed by atoms with Gasteiger partial charge in [0.1, 0.15) is 11.3 Å². The number of rotatable bonds is 4. The van der Waals surface area contributed by atoms with E-state index in [0.717, 1.165) is 23.0 Å². The summed E-state index contributed by atoms with van der Waals surface area (Å²) >= 11 is 1.52. The maximum absolute atomic E-state index is 12.5. The molecule has 2 aromatic rings. The van der Waals surface area contributed by atoms with Crippen LogP contribution < -0.4 is 0 Å². The second-order valence-corrected chi connectivity index (χ2v) is 9.42. The highest BCUT2D eigenvalue weighted by Gasteiger charge is 2.31. The molecule has 1 unspecified atom stereocenters. The van der Waals surface area contributed by atoms with Crippen LogP contribution in [0.2, 0.25) is 0 Å². The molecular weight excluding hydrogens is 479 g/mol. The Hall–Kier alpha value is -2.77. The monoisotopic (exact) mass is 509 g/mol. The number of thioether (sulfide) groups is 1. The molecule has 190 valence electrons. The molecular formula is C25H30F3N3O3S. The molecule has 1 saturated heterocycles. The van der Waals surface area contributed by atoms with E-state index in [1.54, 1.807) is 44.9 Å². The minimum Gasteiger partial charge on any atom is -0.444 e. The van der Waals surface area contributed by atoms with Crippen LogP contribution >= 0.6 is 11.8 Å². The summed E-state index contributed by atoms with van der Waals surface area (Å²) in [5.74, 6) is 5.65. The fourth-order valence-corrected chi connectivity index (χ4v) is 3.35. The van der Waals surface area contributed by atoms with E-state index in [0.29, 0.717) is 25.1 Å². The molecule has 3 rings (SSSR count). The topological polar surface area (TPSA) is 64.6 Å². The third-order valence-corrected chi connectivity index (χ3v) is 5.19. The van der Waals surface area contributed by atoms with Gasteiger partial charge in [-0.15, -0.1) is 0 Å². The first-order chi connectivity index (χ1) is 16.4. The highest BCUT2D eigenvalue weighted by molar-refractivity contribution is 7.98. The van der Waals surface area contributed by atoms with Crippen molar-refractivity contribution in [1.29, 1.82) is 0 Å². The Morgan fingerprint density at radius 3 is 2.46 bits per heavy atom. The van der Waals surface area contributed by atoms with Gasteiger partial charge in [0.2, 0.25) is 0 Å². The average molecular weight is 510 g/mol. The molecule has 0 bridgehead atoms. The van der Waals surface area contributed by atoms with E-state index in [4.69, 9.17) is 9.47 Å². The van der Waals surface area contributed by atoms with Crippen molar-refractivity contribution in [3.8, 4) is 11.8 Å². The van der Waals surface area contributed by atoms with E-state index in [2.05, 4.69) is 21.8 Å². The smallest absolute Gasteiger partial charge is 0.416 e. The predicted octanol–water partition coefficient (Wildman–Crippen LogP) is 5.80. The third kappa shape index (κ3) is 10.2. The lowest BCUT2D eigenvalue weighted by Gasteiger charge is -2.24. The summed E-state index contributed by atoms with van der Waals surface area (Å²) in [6, 6.07) is 6.70. The lowest BCUT2D eigenvalue weighted by molar-refractivity contribution is -0.137. The fourth-order valence-electron chi connectivity index (χ4n) is 3.00. The van der Waals surface area contributed by atoms with Gasteiger partial charge in [-0.25, -0.2) is 14.8 Å². The number of hydrogen-bond donors (Lipinski definition) is 0. The van der Waals surface area contributed by atoms with Crippen molar-refractivity contribution >= 4 is 17.9 Å². The van der Waals surface area contributed by atoms with E-state index in [-0.39, 0.29) is 18.8 Å². The zero-order valence-electron chi connectivity index (χ0n) is 20.5. The first-order valence-corrected chi connectivity index (χ1v) is 12.2. The normalized spacial score (nSPS) is 15.5. The standard InChI is InChI=1S/C17H22F3NO3.C8H8N2S/c1-16(2,3)24-15(22)21-9-8-14(10-21)23-11-12-4-6-13(7-5-12)17(18,19)20;1-3-4-7-5-6-9-8(10-7)11-2/h4-7,14H,8-11H2,1-3H3;5-6H,1-2H3. The first kappa shape index (κ1) is 28.5. The molecule has 1 fully saturated rings. The van der Waals surface area contributed by atoms with Crippen LogP contribution in [0.4, 0.5) is 18.0 Å². The van der Waals surface area contributed by atoms with E-state index >= 15 is 0 Å². The van der Waals surface area contributed by atoms with Crippen LogP contribution in [-0.4, -0.2) is 52.0 Å². The Labute approximate surface area is 208 Å². The molecule has 1 atom stereocenters. The fraction of sp³-hybridized carbons (Fsp3) is 0.480. The van der Waals surface area contributed by atoms with Crippen molar-refractivity contribution in [2.45, 2.75) is 63.8 Å². The molecule has 6 nitrogen and oxygen atoms in total. The van der Waals surface area contributed by atoms with Gasteiger partial charge in [0.15, 0.2) is 5.16 Å². The minimum absolute atomic E-state index is 0.139. The van der Waals surface area contributed by atoms with Crippen LogP contribution in [0.5, 0.6) is 0 Å². The maximum atomic E-state index is 12.5. The van der Waals surface area contributed by atoms with Crippen LogP contribution in [0.1, 0.15) is 50.9 Å². The molecule has 1 aliphatic heterocycles. The molecule has 1 aliphatic rings. The molecule has 0 N–H and O–H groups in total. The molecule has 10 heteroatoms. The summed E-state index contributed by atoms with van der Waals surface area (Å²) < 4.78 is 48.5. The summed E-state index contributed by atoms with van der Waals surface area (Å²) in [5.41, 5.74) is 0.227. The highest BCUT2D eigenvalue weighted by Crippen LogP contribution is 2.29. The van der Waals surface area contributed by atoms with E-state index in [1.807, 2.05) is 6.26 Å². The van der Waals surface area contributed by atoms with Crippen LogP contribution in [0.3, 0.4) is 0 Å². The maximum Gasteiger partial charge on any atom is 0.416 e. The molecule has 35 heavy (non-hydrogen) atoms. The van der Waals surface area contributed by atoms with Crippen LogP contribution in [0.15, 0.2) is 41.7 Å². The number of benzene rings is 1. The number of alkyl halides is 3. The Bertz CT molecular complexity index is 1030. The number of likely N-dealkylation sites (tertiary alicyclic amines) is 1. The van der Waals surface area contributed by atoms with Gasteiger partial charge in [-0.1, -0.05) is 29.8 Å². The Kier molecular flexibility index (Phi) is 10.4. The first-order valence-electron chi connectivity index (χ1n) is 11.0. The second kappa shape index (κ2) is 12.8. The number of aromatic nitrogens is 2. The number of carbonyl (C=O) groups excluding carboxylic acids is 1. The van der Waals surface area contributed by atoms with Crippen molar-refractivity contribution in [1.82, 2.24) is 14.9 Å². The summed E-state index contributed by atoms with van der Waals surface area (Å²) in [7, 11) is 0. The molecule has 0 aliphatic carbocycles. The molecule has 1 aromatic carbocycles. The summed E-state index contributed by atoms with van der Waals surface area (Å²) in [4.78, 5) is 21.7. The van der Waals surface area contributed by atoms with Crippen LogP contribution in [0.25, 0.3) is 0 Å². The average Bonchev–Trinajstić information content (AvgIpc) is 3.26. The minimum atomic E-state index is -4.33. The van der Waals surface area contributed by atoms with E-state index < -0.39 is 17.3 Å². The van der Waals surface area contributed by atoms with E-state index in [9.17, 15) is 18.0 Å². The molecule has 0 saturated carbocycles. The van der Waals surface area contributed by atoms with Crippen molar-refractivity contribution in [3.05, 3.63) is 53.3 Å². The molecule has 2 heterocycles. The van der Waals surface area contributed by atoms with Gasteiger partial charge < -0.3 is 14.4 Å². The van der Waals surface area contributed by atoms with Crippen molar-refractivity contribution < 1.29 is 27.4 Å². The number of amides is 1. The van der Waals surface area contributed by atoms with Gasteiger partial charge in [-0.05, 0) is 70.1 Å². The lowest BCUT2D eigenvalue weighted by atomic mass is 10.1. The number of halogens is 3. The second-order valence-electron chi connectivity index (χ2n) is 8.65. The van der Waals surface area contributed by atoms with Crippen molar-refractivity contribution in [2.24, 2.45) is 0 Å². The van der Waals surface area contributed by atoms with Gasteiger partial charge in [0.05, 0.1) is 24.8 Å². The molecule has 1 aromatic heterocycles. The molecule has 0 radical (unpaired) electrons. The van der Waals surface area contributed by atoms with Gasteiger partial charge in [0.25, 0.3) is 0 Å². The predicted molar refractivity (Wildman–Crippen MR) is 129 cm³/mol. The quantitative estimate of drug-likeness (QED) is 0.295. The number of nitrogens with zero attached hydrogens (tertiary/aromatic N) is 3. The van der Waals surface area contributed by atoms with Gasteiger partial charge in [-0.3, -0.25) is 0 Å². The van der Waals surface area contributed by atoms with Gasteiger partial charge in [0, 0.05) is 12.7 Å². The highest BCUT2D eigenvalue weighted by atomic mass is 32.2. The Morgan fingerprint density at radius 2 is 1.89 bits per heavy atom. The third-order valence-electron chi connectivity index (χ3n) is 4.63. The summed E-state index contributed by atoms with van der Waals surface area (Å²) in [6.07, 6.45) is -0.502. The Morgan fingerprint density at radius 1 is 1.20 bits per heavy atom.